The molecule has 14 heavy (non-hydrogen) atoms. The molecular formula is C11H20N2O. The lowest BCUT2D eigenvalue weighted by atomic mass is 9.95. The van der Waals surface area contributed by atoms with Gasteiger partial charge in [0, 0.05) is 19.6 Å². The van der Waals surface area contributed by atoms with Crippen molar-refractivity contribution in [3.05, 3.63) is 0 Å². The topological polar surface area (TPSA) is 47.3 Å². The van der Waals surface area contributed by atoms with Crippen molar-refractivity contribution in [3.63, 3.8) is 0 Å². The zero-order valence-corrected chi connectivity index (χ0v) is 8.78. The van der Waals surface area contributed by atoms with Gasteiger partial charge in [0.1, 0.15) is 0 Å². The Morgan fingerprint density at radius 3 is 3.07 bits per heavy atom. The van der Waals surface area contributed by atoms with Crippen LogP contribution < -0.4 is 0 Å². The predicted octanol–water partition coefficient (Wildman–Crippen LogP) is 1.38. The van der Waals surface area contributed by atoms with E-state index in [4.69, 9.17) is 10.4 Å². The van der Waals surface area contributed by atoms with Crippen LogP contribution in [0.25, 0.3) is 0 Å². The highest BCUT2D eigenvalue weighted by atomic mass is 16.3. The van der Waals surface area contributed by atoms with E-state index in [2.05, 4.69) is 11.0 Å². The molecule has 0 amide bonds. The maximum Gasteiger partial charge on any atom is 0.0622 e. The van der Waals surface area contributed by atoms with Crippen LogP contribution in [-0.2, 0) is 0 Å². The number of aliphatic hydroxyl groups excluding tert-OH is 1. The van der Waals surface area contributed by atoms with Crippen molar-refractivity contribution in [3.8, 4) is 6.07 Å². The molecule has 1 saturated heterocycles. The molecule has 0 aromatic carbocycles. The summed E-state index contributed by atoms with van der Waals surface area (Å²) in [7, 11) is 0. The summed E-state index contributed by atoms with van der Waals surface area (Å²) in [5, 5.41) is 17.3. The normalized spacial score (nSPS) is 23.3. The van der Waals surface area contributed by atoms with Crippen LogP contribution in [0.5, 0.6) is 0 Å². The summed E-state index contributed by atoms with van der Waals surface area (Å²) in [4.78, 5) is 2.43. The second kappa shape index (κ2) is 6.80. The molecule has 3 heteroatoms. The largest absolute Gasteiger partial charge is 0.396 e. The lowest BCUT2D eigenvalue weighted by molar-refractivity contribution is 0.147. The molecule has 0 spiro atoms. The molecular weight excluding hydrogens is 176 g/mol. The quantitative estimate of drug-likeness (QED) is 0.676. The number of likely N-dealkylation sites (tertiary alicyclic amines) is 1. The number of hydrogen-bond donors (Lipinski definition) is 1. The summed E-state index contributed by atoms with van der Waals surface area (Å²) in [5.41, 5.74) is 0. The summed E-state index contributed by atoms with van der Waals surface area (Å²) < 4.78 is 0. The Bertz CT molecular complexity index is 186. The van der Waals surface area contributed by atoms with Crippen molar-refractivity contribution in [2.24, 2.45) is 5.92 Å². The van der Waals surface area contributed by atoms with Crippen LogP contribution in [0.3, 0.4) is 0 Å². The minimum absolute atomic E-state index is 0.316. The Morgan fingerprint density at radius 2 is 2.36 bits per heavy atom. The summed E-state index contributed by atoms with van der Waals surface area (Å²) in [6.45, 7) is 3.66. The predicted molar refractivity (Wildman–Crippen MR) is 55.7 cm³/mol. The van der Waals surface area contributed by atoms with Gasteiger partial charge in [-0.3, -0.25) is 0 Å². The van der Waals surface area contributed by atoms with E-state index < -0.39 is 0 Å². The zero-order chi connectivity index (χ0) is 10.2. The molecule has 3 nitrogen and oxygen atoms in total. The summed E-state index contributed by atoms with van der Waals surface area (Å²) in [6.07, 6.45) is 5.10. The number of nitrogens with zero attached hydrogens (tertiary/aromatic N) is 2. The van der Waals surface area contributed by atoms with Crippen molar-refractivity contribution in [2.45, 2.75) is 32.1 Å². The SMILES string of the molecule is N#CCCCN1CCCC(CCO)C1. The highest BCUT2D eigenvalue weighted by Crippen LogP contribution is 2.19. The van der Waals surface area contributed by atoms with Crippen molar-refractivity contribution in [2.75, 3.05) is 26.2 Å². The smallest absolute Gasteiger partial charge is 0.0622 e. The minimum atomic E-state index is 0.316. The molecule has 1 N–H and O–H groups in total. The first-order valence-electron chi connectivity index (χ1n) is 5.57. The van der Waals surface area contributed by atoms with Crippen LogP contribution in [0.2, 0.25) is 0 Å². The molecule has 0 radical (unpaired) electrons. The van der Waals surface area contributed by atoms with Crippen LogP contribution in [-0.4, -0.2) is 36.2 Å². The average molecular weight is 196 g/mol. The molecule has 0 aromatic rings. The molecule has 1 fully saturated rings. The van der Waals surface area contributed by atoms with E-state index in [1.807, 2.05) is 0 Å². The molecule has 1 heterocycles. The fourth-order valence-corrected chi connectivity index (χ4v) is 2.15. The van der Waals surface area contributed by atoms with Gasteiger partial charge < -0.3 is 10.0 Å². The standard InChI is InChI=1S/C11H20N2O/c12-6-1-2-7-13-8-3-4-11(10-13)5-9-14/h11,14H,1-5,7-10H2. The maximum atomic E-state index is 8.86. The third kappa shape index (κ3) is 4.08. The van der Waals surface area contributed by atoms with E-state index >= 15 is 0 Å². The third-order valence-electron chi connectivity index (χ3n) is 2.90. The molecule has 1 atom stereocenters. The van der Waals surface area contributed by atoms with Crippen molar-refractivity contribution in [1.29, 1.82) is 5.26 Å². The Labute approximate surface area is 86.3 Å². The Morgan fingerprint density at radius 1 is 1.50 bits per heavy atom. The molecule has 0 bridgehead atoms. The van der Waals surface area contributed by atoms with Crippen LogP contribution in [0.15, 0.2) is 0 Å². The van der Waals surface area contributed by atoms with Crippen LogP contribution in [0.1, 0.15) is 32.1 Å². The molecule has 0 aliphatic carbocycles. The summed E-state index contributed by atoms with van der Waals surface area (Å²) >= 11 is 0. The highest BCUT2D eigenvalue weighted by Gasteiger charge is 2.18. The molecule has 1 rings (SSSR count). The second-order valence-corrected chi connectivity index (χ2v) is 4.08. The lowest BCUT2D eigenvalue weighted by Gasteiger charge is -2.32. The van der Waals surface area contributed by atoms with Crippen molar-refractivity contribution < 1.29 is 5.11 Å². The molecule has 0 saturated carbocycles. The van der Waals surface area contributed by atoms with Crippen molar-refractivity contribution >= 4 is 0 Å². The van der Waals surface area contributed by atoms with Crippen LogP contribution in [0.4, 0.5) is 0 Å². The van der Waals surface area contributed by atoms with E-state index in [0.717, 1.165) is 25.9 Å². The van der Waals surface area contributed by atoms with E-state index in [9.17, 15) is 0 Å². The zero-order valence-electron chi connectivity index (χ0n) is 8.78. The Hall–Kier alpha value is -0.590. The molecule has 1 unspecified atom stereocenters. The fourth-order valence-electron chi connectivity index (χ4n) is 2.15. The third-order valence-corrected chi connectivity index (χ3v) is 2.90. The van der Waals surface area contributed by atoms with E-state index in [1.165, 1.54) is 19.4 Å². The Kier molecular flexibility index (Phi) is 5.58. The number of piperidine rings is 1. The van der Waals surface area contributed by atoms with E-state index in [1.54, 1.807) is 0 Å². The molecule has 1 aliphatic rings. The van der Waals surface area contributed by atoms with Gasteiger partial charge in [-0.2, -0.15) is 5.26 Å². The Balaban J connectivity index is 2.16. The van der Waals surface area contributed by atoms with E-state index in [0.29, 0.717) is 18.9 Å². The number of rotatable bonds is 5. The highest BCUT2D eigenvalue weighted by molar-refractivity contribution is 4.75. The first kappa shape index (κ1) is 11.5. The molecule has 1 aliphatic heterocycles. The van der Waals surface area contributed by atoms with Crippen LogP contribution >= 0.6 is 0 Å². The minimum Gasteiger partial charge on any atom is -0.396 e. The van der Waals surface area contributed by atoms with Crippen molar-refractivity contribution in [1.82, 2.24) is 4.90 Å². The molecule has 0 aromatic heterocycles. The van der Waals surface area contributed by atoms with Gasteiger partial charge in [-0.25, -0.2) is 0 Å². The first-order chi connectivity index (χ1) is 6.86. The first-order valence-corrected chi connectivity index (χ1v) is 5.57. The van der Waals surface area contributed by atoms with Gasteiger partial charge in [0.15, 0.2) is 0 Å². The monoisotopic (exact) mass is 196 g/mol. The van der Waals surface area contributed by atoms with Gasteiger partial charge in [0.2, 0.25) is 0 Å². The van der Waals surface area contributed by atoms with E-state index in [-0.39, 0.29) is 0 Å². The van der Waals surface area contributed by atoms with Gasteiger partial charge in [-0.15, -0.1) is 0 Å². The lowest BCUT2D eigenvalue weighted by Crippen LogP contribution is -2.36. The van der Waals surface area contributed by atoms with Crippen LogP contribution in [0, 0.1) is 17.2 Å². The summed E-state index contributed by atoms with van der Waals surface area (Å²) in [6, 6.07) is 2.18. The summed E-state index contributed by atoms with van der Waals surface area (Å²) in [5.74, 6) is 0.677. The van der Waals surface area contributed by atoms with Gasteiger partial charge in [-0.05, 0) is 44.7 Å². The van der Waals surface area contributed by atoms with Gasteiger partial charge in [-0.1, -0.05) is 0 Å². The molecule has 80 valence electrons. The number of aliphatic hydroxyl groups is 1. The van der Waals surface area contributed by atoms with Gasteiger partial charge in [0.25, 0.3) is 0 Å². The average Bonchev–Trinajstić information content (AvgIpc) is 2.19. The van der Waals surface area contributed by atoms with Gasteiger partial charge >= 0.3 is 0 Å². The fraction of sp³-hybridized carbons (Fsp3) is 0.909. The van der Waals surface area contributed by atoms with Gasteiger partial charge in [0.05, 0.1) is 6.07 Å². The number of nitriles is 1. The maximum absolute atomic E-state index is 8.86. The number of hydrogen-bond acceptors (Lipinski definition) is 3. The second-order valence-electron chi connectivity index (χ2n) is 4.08. The number of unbranched alkanes of at least 4 members (excludes halogenated alkanes) is 1.